The van der Waals surface area contributed by atoms with Crippen LogP contribution in [0.1, 0.15) is 63.0 Å². The first-order chi connectivity index (χ1) is 15.6. The molecule has 9 heteroatoms. The lowest BCUT2D eigenvalue weighted by Crippen LogP contribution is -2.27. The van der Waals surface area contributed by atoms with E-state index < -0.39 is 17.5 Å². The van der Waals surface area contributed by atoms with E-state index in [1.807, 2.05) is 24.3 Å². The van der Waals surface area contributed by atoms with Crippen molar-refractivity contribution in [1.29, 1.82) is 0 Å². The van der Waals surface area contributed by atoms with Gasteiger partial charge in [0.15, 0.2) is 17.2 Å². The zero-order valence-electron chi connectivity index (χ0n) is 19.6. The molecule has 180 valence electrons. The molecule has 2 aromatic rings. The Morgan fingerprint density at radius 3 is 2.52 bits per heavy atom. The highest BCUT2D eigenvalue weighted by Gasteiger charge is 2.26. The summed E-state index contributed by atoms with van der Waals surface area (Å²) in [6.45, 7) is 7.02. The van der Waals surface area contributed by atoms with Crippen LogP contribution in [0.2, 0.25) is 0 Å². The van der Waals surface area contributed by atoms with Crippen molar-refractivity contribution in [3.63, 3.8) is 0 Å². The van der Waals surface area contributed by atoms with Crippen molar-refractivity contribution in [1.82, 2.24) is 0 Å². The molecule has 7 nitrogen and oxygen atoms in total. The van der Waals surface area contributed by atoms with Crippen molar-refractivity contribution in [2.24, 2.45) is 0 Å². The van der Waals surface area contributed by atoms with E-state index in [9.17, 15) is 14.4 Å². The normalized spacial score (nSPS) is 11.1. The number of hydrogen-bond donors (Lipinski definition) is 1. The zero-order valence-corrected chi connectivity index (χ0v) is 22.0. The Bertz CT molecular complexity index is 995. The van der Waals surface area contributed by atoms with Crippen LogP contribution in [0.3, 0.4) is 0 Å². The Kier molecular flexibility index (Phi) is 9.91. The van der Waals surface area contributed by atoms with E-state index in [1.54, 1.807) is 20.8 Å². The molecule has 1 aromatic carbocycles. The van der Waals surface area contributed by atoms with Crippen LogP contribution in [0.15, 0.2) is 28.7 Å². The number of carbonyl (C=O) groups is 3. The fraction of sp³-hybridized carbons (Fsp3) is 0.458. The Morgan fingerprint density at radius 1 is 1.15 bits per heavy atom. The third-order valence-corrected chi connectivity index (χ3v) is 6.57. The summed E-state index contributed by atoms with van der Waals surface area (Å²) in [5, 5.41) is 2.91. The number of carbonyl (C=O) groups excluding carboxylic acids is 3. The van der Waals surface area contributed by atoms with Crippen LogP contribution in [0, 0.1) is 0 Å². The number of esters is 2. The van der Waals surface area contributed by atoms with Gasteiger partial charge in [-0.1, -0.05) is 31.9 Å². The number of unbranched alkanes of at least 4 members (excludes halogenated alkanes) is 2. The molecule has 1 amide bonds. The number of thiophene rings is 1. The minimum Gasteiger partial charge on any atom is -0.479 e. The molecule has 2 rings (SSSR count). The second kappa shape index (κ2) is 12.2. The Morgan fingerprint density at radius 2 is 1.88 bits per heavy atom. The number of nitrogens with one attached hydrogen (secondary N) is 1. The molecule has 33 heavy (non-hydrogen) atoms. The van der Waals surface area contributed by atoms with Crippen molar-refractivity contribution in [3.05, 3.63) is 33.6 Å². The summed E-state index contributed by atoms with van der Waals surface area (Å²) in [6, 6.07) is 7.32. The van der Waals surface area contributed by atoms with Gasteiger partial charge in [0.05, 0.1) is 16.5 Å². The maximum atomic E-state index is 12.4. The van der Waals surface area contributed by atoms with Gasteiger partial charge < -0.3 is 19.5 Å². The first-order valence-electron chi connectivity index (χ1n) is 10.7. The third-order valence-electron chi connectivity index (χ3n) is 4.35. The molecule has 0 bridgehead atoms. The number of ether oxygens (including phenoxy) is 3. The van der Waals surface area contributed by atoms with Gasteiger partial charge in [-0.3, -0.25) is 4.79 Å². The largest absolute Gasteiger partial charge is 0.479 e. The minimum absolute atomic E-state index is 0.0394. The van der Waals surface area contributed by atoms with Gasteiger partial charge in [-0.05, 0) is 60.8 Å². The molecule has 0 atom stereocenters. The van der Waals surface area contributed by atoms with Crippen molar-refractivity contribution < 1.29 is 28.6 Å². The zero-order chi connectivity index (χ0) is 24.6. The smallest absolute Gasteiger partial charge is 0.351 e. The average molecular weight is 540 g/mol. The van der Waals surface area contributed by atoms with E-state index in [-0.39, 0.29) is 23.1 Å². The van der Waals surface area contributed by atoms with E-state index in [1.165, 1.54) is 18.4 Å². The minimum atomic E-state index is -0.649. The van der Waals surface area contributed by atoms with Crippen molar-refractivity contribution >= 4 is 50.8 Å². The maximum Gasteiger partial charge on any atom is 0.351 e. The number of halogens is 1. The summed E-state index contributed by atoms with van der Waals surface area (Å²) >= 11 is 4.67. The average Bonchev–Trinajstić information content (AvgIpc) is 3.07. The molecule has 0 unspecified atom stereocenters. The van der Waals surface area contributed by atoms with Gasteiger partial charge in [0, 0.05) is 12.1 Å². The van der Waals surface area contributed by atoms with Gasteiger partial charge in [0.2, 0.25) is 5.91 Å². The molecule has 0 saturated carbocycles. The summed E-state index contributed by atoms with van der Waals surface area (Å²) in [7, 11) is 1.28. The van der Waals surface area contributed by atoms with Crippen molar-refractivity contribution in [3.8, 4) is 16.2 Å². The van der Waals surface area contributed by atoms with Crippen LogP contribution < -0.4 is 10.1 Å². The molecule has 1 N–H and O–H groups in total. The standard InChI is InChI=1S/C24H30BrNO6S/c1-6-7-8-12-17(27)26-16-11-9-10-15(13-16)21-19(25)20(22(33-21)23(29)30-5)31-14-18(28)32-24(2,3)4/h9-11,13H,6-8,12,14H2,1-5H3,(H,26,27). The monoisotopic (exact) mass is 539 g/mol. The Labute approximate surface area is 206 Å². The molecule has 1 heterocycles. The van der Waals surface area contributed by atoms with Gasteiger partial charge in [-0.15, -0.1) is 11.3 Å². The predicted molar refractivity (Wildman–Crippen MR) is 133 cm³/mol. The number of hydrogen-bond acceptors (Lipinski definition) is 7. The van der Waals surface area contributed by atoms with E-state index in [0.29, 0.717) is 21.5 Å². The maximum absolute atomic E-state index is 12.4. The molecule has 0 aliphatic carbocycles. The van der Waals surface area contributed by atoms with Crippen LogP contribution in [0.25, 0.3) is 10.4 Å². The summed E-state index contributed by atoms with van der Waals surface area (Å²) in [5.41, 5.74) is 0.782. The highest BCUT2D eigenvalue weighted by Crippen LogP contribution is 2.46. The van der Waals surface area contributed by atoms with Gasteiger partial charge in [-0.25, -0.2) is 9.59 Å². The third kappa shape index (κ3) is 8.16. The highest BCUT2D eigenvalue weighted by molar-refractivity contribution is 9.10. The lowest BCUT2D eigenvalue weighted by atomic mass is 10.1. The fourth-order valence-electron chi connectivity index (χ4n) is 2.94. The van der Waals surface area contributed by atoms with Crippen molar-refractivity contribution in [2.45, 2.75) is 59.0 Å². The molecule has 0 fully saturated rings. The second-order valence-electron chi connectivity index (χ2n) is 8.36. The second-order valence-corrected chi connectivity index (χ2v) is 10.2. The molecule has 0 aliphatic rings. The quantitative estimate of drug-likeness (QED) is 0.285. The SMILES string of the molecule is CCCCCC(=O)Nc1cccc(-c2sc(C(=O)OC)c(OCC(=O)OC(C)(C)C)c2Br)c1. The number of methoxy groups -OCH3 is 1. The topological polar surface area (TPSA) is 90.9 Å². The molecule has 0 saturated heterocycles. The first-order valence-corrected chi connectivity index (χ1v) is 12.3. The number of anilines is 1. The number of rotatable bonds is 10. The Balaban J connectivity index is 2.27. The van der Waals surface area contributed by atoms with E-state index in [2.05, 4.69) is 28.2 Å². The van der Waals surface area contributed by atoms with E-state index in [4.69, 9.17) is 14.2 Å². The van der Waals surface area contributed by atoms with Crippen LogP contribution in [0.4, 0.5) is 5.69 Å². The van der Waals surface area contributed by atoms with Gasteiger partial charge in [0.25, 0.3) is 0 Å². The lowest BCUT2D eigenvalue weighted by Gasteiger charge is -2.19. The summed E-state index contributed by atoms with van der Waals surface area (Å²) in [4.78, 5) is 37.6. The molecule has 0 spiro atoms. The van der Waals surface area contributed by atoms with Gasteiger partial charge in [-0.2, -0.15) is 0 Å². The fourth-order valence-corrected chi connectivity index (χ4v) is 4.90. The molecular weight excluding hydrogens is 510 g/mol. The summed E-state index contributed by atoms with van der Waals surface area (Å²) < 4.78 is 16.3. The van der Waals surface area contributed by atoms with Crippen molar-refractivity contribution in [2.75, 3.05) is 19.0 Å². The predicted octanol–water partition coefficient (Wildman–Crippen LogP) is 6.20. The van der Waals surface area contributed by atoms with Crippen LogP contribution in [-0.4, -0.2) is 37.2 Å². The number of amides is 1. The number of benzene rings is 1. The van der Waals surface area contributed by atoms with Crippen LogP contribution >= 0.6 is 27.3 Å². The van der Waals surface area contributed by atoms with Crippen LogP contribution in [-0.2, 0) is 19.1 Å². The van der Waals surface area contributed by atoms with E-state index >= 15 is 0 Å². The molecule has 1 aromatic heterocycles. The first kappa shape index (κ1) is 26.9. The van der Waals surface area contributed by atoms with Crippen LogP contribution in [0.5, 0.6) is 5.75 Å². The summed E-state index contributed by atoms with van der Waals surface area (Å²) in [6.07, 6.45) is 3.38. The highest BCUT2D eigenvalue weighted by atomic mass is 79.9. The molecule has 0 aliphatic heterocycles. The Hall–Kier alpha value is -2.39. The van der Waals surface area contributed by atoms with Gasteiger partial charge in [0.1, 0.15) is 5.60 Å². The lowest BCUT2D eigenvalue weighted by molar-refractivity contribution is -0.157. The van der Waals surface area contributed by atoms with Gasteiger partial charge >= 0.3 is 11.9 Å². The summed E-state index contributed by atoms with van der Waals surface area (Å²) in [5.74, 6) is -0.957. The molecule has 0 radical (unpaired) electrons. The van der Waals surface area contributed by atoms with E-state index in [0.717, 1.165) is 24.8 Å². The molecular formula is C24H30BrNO6S.